The van der Waals surface area contributed by atoms with Crippen molar-refractivity contribution in [2.24, 2.45) is 11.1 Å². The van der Waals surface area contributed by atoms with E-state index in [1.54, 1.807) is 0 Å². The molecule has 1 heteroatoms. The monoisotopic (exact) mass is 275 g/mol. The minimum Gasteiger partial charge on any atom is -0.328 e. The fraction of sp³-hybridized carbons (Fsp3) is 0.684. The van der Waals surface area contributed by atoms with Crippen LogP contribution in [0.5, 0.6) is 0 Å². The molecule has 0 radical (unpaired) electrons. The molecule has 0 aliphatic carbocycles. The van der Waals surface area contributed by atoms with E-state index in [2.05, 4.69) is 72.7 Å². The molecule has 0 bridgehead atoms. The van der Waals surface area contributed by atoms with E-state index < -0.39 is 0 Å². The SMILES string of the molecule is CC(N)CC(C)(C)c1ccc(C(C)CC(C)(C)C)cc1. The Morgan fingerprint density at radius 2 is 1.40 bits per heavy atom. The number of rotatable bonds is 5. The molecule has 2 N–H and O–H groups in total. The maximum absolute atomic E-state index is 5.96. The zero-order valence-corrected chi connectivity index (χ0v) is 14.5. The second-order valence-electron chi connectivity index (χ2n) is 8.35. The summed E-state index contributed by atoms with van der Waals surface area (Å²) in [6.45, 7) is 15.9. The molecule has 2 atom stereocenters. The van der Waals surface area contributed by atoms with Gasteiger partial charge in [0.25, 0.3) is 0 Å². The fourth-order valence-corrected chi connectivity index (χ4v) is 3.22. The number of benzene rings is 1. The molecule has 0 saturated heterocycles. The third-order valence-electron chi connectivity index (χ3n) is 4.01. The topological polar surface area (TPSA) is 26.0 Å². The molecular formula is C19H33N. The van der Waals surface area contributed by atoms with Gasteiger partial charge in [-0.3, -0.25) is 0 Å². The van der Waals surface area contributed by atoms with Crippen molar-refractivity contribution in [1.82, 2.24) is 0 Å². The summed E-state index contributed by atoms with van der Waals surface area (Å²) in [5.74, 6) is 0.612. The molecule has 1 aromatic carbocycles. The van der Waals surface area contributed by atoms with Crippen LogP contribution in [-0.4, -0.2) is 6.04 Å². The second-order valence-corrected chi connectivity index (χ2v) is 8.35. The molecule has 0 heterocycles. The third-order valence-corrected chi connectivity index (χ3v) is 4.01. The van der Waals surface area contributed by atoms with Crippen molar-refractivity contribution in [3.63, 3.8) is 0 Å². The minimum atomic E-state index is 0.153. The van der Waals surface area contributed by atoms with Crippen LogP contribution in [0, 0.1) is 5.41 Å². The van der Waals surface area contributed by atoms with E-state index >= 15 is 0 Å². The van der Waals surface area contributed by atoms with E-state index in [-0.39, 0.29) is 11.5 Å². The summed E-state index contributed by atoms with van der Waals surface area (Å²) in [5.41, 5.74) is 9.33. The lowest BCUT2D eigenvalue weighted by molar-refractivity contribution is 0.348. The molecule has 0 saturated carbocycles. The highest BCUT2D eigenvalue weighted by Crippen LogP contribution is 2.33. The van der Waals surface area contributed by atoms with Crippen LogP contribution in [0.1, 0.15) is 78.4 Å². The Balaban J connectivity index is 2.83. The van der Waals surface area contributed by atoms with Crippen LogP contribution in [0.4, 0.5) is 0 Å². The molecular weight excluding hydrogens is 242 g/mol. The molecule has 1 rings (SSSR count). The van der Waals surface area contributed by atoms with Crippen molar-refractivity contribution in [3.8, 4) is 0 Å². The predicted octanol–water partition coefficient (Wildman–Crippen LogP) is 5.24. The quantitative estimate of drug-likeness (QED) is 0.781. The molecule has 1 aromatic rings. The van der Waals surface area contributed by atoms with E-state index in [9.17, 15) is 0 Å². The van der Waals surface area contributed by atoms with E-state index in [1.165, 1.54) is 17.5 Å². The standard InChI is InChI=1S/C19H33N/c1-14(12-18(3,4)5)16-8-10-17(11-9-16)19(6,7)13-15(2)20/h8-11,14-15H,12-13,20H2,1-7H3. The Morgan fingerprint density at radius 1 is 0.900 bits per heavy atom. The fourth-order valence-electron chi connectivity index (χ4n) is 3.22. The highest BCUT2D eigenvalue weighted by atomic mass is 14.6. The Kier molecular flexibility index (Phi) is 5.43. The molecule has 2 unspecified atom stereocenters. The van der Waals surface area contributed by atoms with Gasteiger partial charge in [-0.2, -0.15) is 0 Å². The van der Waals surface area contributed by atoms with Gasteiger partial charge in [-0.1, -0.05) is 65.8 Å². The molecule has 0 amide bonds. The zero-order valence-electron chi connectivity index (χ0n) is 14.5. The van der Waals surface area contributed by atoms with Crippen LogP contribution in [0.3, 0.4) is 0 Å². The summed E-state index contributed by atoms with van der Waals surface area (Å²) < 4.78 is 0. The third kappa shape index (κ3) is 5.28. The first kappa shape index (κ1) is 17.2. The predicted molar refractivity (Wildman–Crippen MR) is 90.2 cm³/mol. The number of hydrogen-bond acceptors (Lipinski definition) is 1. The van der Waals surface area contributed by atoms with Gasteiger partial charge < -0.3 is 5.73 Å². The summed E-state index contributed by atoms with van der Waals surface area (Å²) in [6, 6.07) is 9.42. The first-order valence-electron chi connectivity index (χ1n) is 7.87. The lowest BCUT2D eigenvalue weighted by Gasteiger charge is -2.28. The molecule has 0 aromatic heterocycles. The number of hydrogen-bond donors (Lipinski definition) is 1. The summed E-state index contributed by atoms with van der Waals surface area (Å²) in [4.78, 5) is 0. The highest BCUT2D eigenvalue weighted by molar-refractivity contribution is 5.30. The van der Waals surface area contributed by atoms with E-state index in [0.29, 0.717) is 11.3 Å². The maximum Gasteiger partial charge on any atom is 0.00187 e. The molecule has 20 heavy (non-hydrogen) atoms. The zero-order chi connectivity index (χ0) is 15.6. The smallest absolute Gasteiger partial charge is 0.00187 e. The van der Waals surface area contributed by atoms with Crippen LogP contribution >= 0.6 is 0 Å². The van der Waals surface area contributed by atoms with Crippen molar-refractivity contribution in [2.45, 2.75) is 78.7 Å². The molecule has 114 valence electrons. The van der Waals surface area contributed by atoms with E-state index in [1.807, 2.05) is 0 Å². The lowest BCUT2D eigenvalue weighted by atomic mass is 9.78. The average molecular weight is 275 g/mol. The summed E-state index contributed by atoms with van der Waals surface area (Å²) >= 11 is 0. The van der Waals surface area contributed by atoms with Gasteiger partial charge in [0, 0.05) is 6.04 Å². The van der Waals surface area contributed by atoms with Gasteiger partial charge in [0.1, 0.15) is 0 Å². The normalized spacial score (nSPS) is 16.0. The van der Waals surface area contributed by atoms with Gasteiger partial charge in [-0.15, -0.1) is 0 Å². The van der Waals surface area contributed by atoms with Crippen molar-refractivity contribution in [1.29, 1.82) is 0 Å². The van der Waals surface area contributed by atoms with Crippen LogP contribution in [0.15, 0.2) is 24.3 Å². The molecule has 1 nitrogen and oxygen atoms in total. The van der Waals surface area contributed by atoms with Gasteiger partial charge in [-0.05, 0) is 47.6 Å². The van der Waals surface area contributed by atoms with Crippen LogP contribution in [0.25, 0.3) is 0 Å². The summed E-state index contributed by atoms with van der Waals surface area (Å²) in [7, 11) is 0. The van der Waals surface area contributed by atoms with Crippen LogP contribution < -0.4 is 5.73 Å². The van der Waals surface area contributed by atoms with Crippen molar-refractivity contribution >= 4 is 0 Å². The Morgan fingerprint density at radius 3 is 1.80 bits per heavy atom. The van der Waals surface area contributed by atoms with Gasteiger partial charge in [-0.25, -0.2) is 0 Å². The van der Waals surface area contributed by atoms with E-state index in [0.717, 1.165) is 6.42 Å². The number of nitrogens with two attached hydrogens (primary N) is 1. The van der Waals surface area contributed by atoms with Gasteiger partial charge >= 0.3 is 0 Å². The van der Waals surface area contributed by atoms with Crippen molar-refractivity contribution in [3.05, 3.63) is 35.4 Å². The van der Waals surface area contributed by atoms with Gasteiger partial charge in [0.15, 0.2) is 0 Å². The summed E-state index contributed by atoms with van der Waals surface area (Å²) in [6.07, 6.45) is 2.24. The molecule has 0 aliphatic heterocycles. The Hall–Kier alpha value is -0.820. The van der Waals surface area contributed by atoms with Crippen LogP contribution in [-0.2, 0) is 5.41 Å². The Bertz CT molecular complexity index is 406. The minimum absolute atomic E-state index is 0.153. The van der Waals surface area contributed by atoms with Gasteiger partial charge in [0.05, 0.1) is 0 Å². The molecule has 0 fully saturated rings. The largest absolute Gasteiger partial charge is 0.328 e. The molecule has 0 aliphatic rings. The second kappa shape index (κ2) is 6.30. The van der Waals surface area contributed by atoms with E-state index in [4.69, 9.17) is 5.73 Å². The average Bonchev–Trinajstić information content (AvgIpc) is 2.25. The Labute approximate surface area is 126 Å². The lowest BCUT2D eigenvalue weighted by Crippen LogP contribution is -2.28. The maximum atomic E-state index is 5.96. The summed E-state index contributed by atoms with van der Waals surface area (Å²) in [5, 5.41) is 0. The van der Waals surface area contributed by atoms with Crippen LogP contribution in [0.2, 0.25) is 0 Å². The first-order chi connectivity index (χ1) is 9.01. The van der Waals surface area contributed by atoms with Crippen molar-refractivity contribution in [2.75, 3.05) is 0 Å². The molecule has 0 spiro atoms. The van der Waals surface area contributed by atoms with Crippen molar-refractivity contribution < 1.29 is 0 Å². The van der Waals surface area contributed by atoms with Gasteiger partial charge in [0.2, 0.25) is 0 Å². The highest BCUT2D eigenvalue weighted by Gasteiger charge is 2.22. The first-order valence-corrected chi connectivity index (χ1v) is 7.87.